The molecule has 0 bridgehead atoms. The Bertz CT molecular complexity index is 558. The van der Waals surface area contributed by atoms with E-state index in [0.29, 0.717) is 23.7 Å². The maximum Gasteiger partial charge on any atom is 0.158 e. The fourth-order valence-electron chi connectivity index (χ4n) is 6.41. The highest BCUT2D eigenvalue weighted by atomic mass is 16.3. The predicted molar refractivity (Wildman–Crippen MR) is 87.2 cm³/mol. The van der Waals surface area contributed by atoms with Crippen molar-refractivity contribution in [1.29, 1.82) is 0 Å². The van der Waals surface area contributed by atoms with E-state index >= 15 is 0 Å². The number of fused-ring (bicyclic) bond motifs is 5. The lowest BCUT2D eigenvalue weighted by Gasteiger charge is -2.54. The summed E-state index contributed by atoms with van der Waals surface area (Å²) < 4.78 is 0. The van der Waals surface area contributed by atoms with Gasteiger partial charge in [0.2, 0.25) is 0 Å². The number of rotatable bonds is 0. The molecular weight excluding hydrogens is 272 g/mol. The van der Waals surface area contributed by atoms with Gasteiger partial charge in [-0.15, -0.1) is 0 Å². The Hall–Kier alpha value is -0.890. The van der Waals surface area contributed by atoms with Crippen LogP contribution in [0.2, 0.25) is 0 Å². The number of aliphatic hydroxyl groups is 1. The lowest BCUT2D eigenvalue weighted by Crippen LogP contribution is -2.49. The third-order valence-corrected chi connectivity index (χ3v) is 7.37. The molecule has 0 radical (unpaired) electrons. The summed E-state index contributed by atoms with van der Waals surface area (Å²) in [6, 6.07) is 0. The van der Waals surface area contributed by atoms with Crippen LogP contribution in [-0.4, -0.2) is 17.0 Å². The molecule has 3 saturated carbocycles. The molecule has 0 heterocycles. The Morgan fingerprint density at radius 3 is 2.86 bits per heavy atom. The molecule has 0 aromatic heterocycles. The summed E-state index contributed by atoms with van der Waals surface area (Å²) in [7, 11) is 0. The van der Waals surface area contributed by atoms with Crippen molar-refractivity contribution in [3.05, 3.63) is 23.3 Å². The van der Waals surface area contributed by atoms with Crippen molar-refractivity contribution in [2.75, 3.05) is 0 Å². The topological polar surface area (TPSA) is 37.3 Å². The Morgan fingerprint density at radius 2 is 2.09 bits per heavy atom. The highest BCUT2D eigenvalue weighted by Crippen LogP contribution is 2.62. The van der Waals surface area contributed by atoms with Crippen LogP contribution in [-0.2, 0) is 4.79 Å². The van der Waals surface area contributed by atoms with E-state index in [1.54, 1.807) is 5.57 Å². The molecule has 22 heavy (non-hydrogen) atoms. The zero-order valence-electron chi connectivity index (χ0n) is 13.8. The molecule has 0 aromatic carbocycles. The minimum absolute atomic E-state index is 0.120. The van der Waals surface area contributed by atoms with Gasteiger partial charge in [0.1, 0.15) is 0 Å². The largest absolute Gasteiger partial charge is 0.392 e. The molecule has 0 aromatic rings. The van der Waals surface area contributed by atoms with E-state index in [9.17, 15) is 9.90 Å². The van der Waals surface area contributed by atoms with Gasteiger partial charge in [-0.3, -0.25) is 4.79 Å². The normalized spacial score (nSPS) is 49.4. The molecule has 120 valence electrons. The van der Waals surface area contributed by atoms with E-state index in [-0.39, 0.29) is 11.7 Å². The van der Waals surface area contributed by atoms with Crippen LogP contribution < -0.4 is 0 Å². The summed E-state index contributed by atoms with van der Waals surface area (Å²) in [5, 5.41) is 10.6. The number of allylic oxidation sites excluding steroid dienone is 2. The van der Waals surface area contributed by atoms with Crippen LogP contribution in [0.3, 0.4) is 0 Å². The number of carbonyl (C=O) groups excluding carboxylic acids is 1. The molecule has 4 aliphatic rings. The van der Waals surface area contributed by atoms with E-state index in [0.717, 1.165) is 12.3 Å². The van der Waals surface area contributed by atoms with Crippen molar-refractivity contribution in [3.63, 3.8) is 0 Å². The fourth-order valence-corrected chi connectivity index (χ4v) is 6.41. The lowest BCUT2D eigenvalue weighted by atomic mass is 9.50. The Balaban J connectivity index is 1.76. The summed E-state index contributed by atoms with van der Waals surface area (Å²) in [6.45, 7) is 4.66. The second kappa shape index (κ2) is 5.06. The van der Waals surface area contributed by atoms with Crippen molar-refractivity contribution in [2.45, 2.75) is 64.9 Å². The maximum atomic E-state index is 11.9. The second-order valence-electron chi connectivity index (χ2n) is 8.40. The highest BCUT2D eigenvalue weighted by molar-refractivity contribution is 5.92. The average Bonchev–Trinajstić information content (AvgIpc) is 2.87. The fraction of sp³-hybridized carbons (Fsp3) is 0.750. The van der Waals surface area contributed by atoms with Crippen molar-refractivity contribution < 1.29 is 9.90 Å². The number of hydrogen-bond donors (Lipinski definition) is 1. The van der Waals surface area contributed by atoms with E-state index < -0.39 is 6.10 Å². The highest BCUT2D eigenvalue weighted by Gasteiger charge is 2.55. The Kier molecular flexibility index (Phi) is 3.38. The van der Waals surface area contributed by atoms with E-state index in [1.807, 2.05) is 6.08 Å². The zero-order chi connectivity index (χ0) is 15.5. The van der Waals surface area contributed by atoms with Crippen LogP contribution in [0.4, 0.5) is 0 Å². The Morgan fingerprint density at radius 1 is 1.27 bits per heavy atom. The summed E-state index contributed by atoms with van der Waals surface area (Å²) >= 11 is 0. The first-order valence-electron chi connectivity index (χ1n) is 9.10. The monoisotopic (exact) mass is 300 g/mol. The third kappa shape index (κ3) is 1.99. The van der Waals surface area contributed by atoms with Gasteiger partial charge in [0.05, 0.1) is 6.10 Å². The van der Waals surface area contributed by atoms with Crippen LogP contribution in [0.25, 0.3) is 0 Å². The first-order valence-corrected chi connectivity index (χ1v) is 9.10. The van der Waals surface area contributed by atoms with Crippen molar-refractivity contribution in [3.8, 4) is 0 Å². The van der Waals surface area contributed by atoms with E-state index in [4.69, 9.17) is 0 Å². The zero-order valence-corrected chi connectivity index (χ0v) is 13.8. The predicted octanol–water partition coefficient (Wildman–Crippen LogP) is 4.05. The third-order valence-electron chi connectivity index (χ3n) is 7.37. The summed E-state index contributed by atoms with van der Waals surface area (Å²) in [4.78, 5) is 11.9. The summed E-state index contributed by atoms with van der Waals surface area (Å²) in [5.74, 6) is 2.37. The number of carbonyl (C=O) groups is 1. The first kappa shape index (κ1) is 14.7. The standard InChI is InChI=1S/C20H28O2/c1-3-12-9-13-10-14(21)11-17(22)19(13)15-6-8-20(2)7-4-5-16(20)18(12)15/h3,10,15-19,22H,4-9,11H2,1-2H3/b12-3-/t15-,16-,17?,18+,19-,20-/m0/s1. The van der Waals surface area contributed by atoms with Crippen molar-refractivity contribution in [1.82, 2.24) is 0 Å². The molecule has 1 unspecified atom stereocenters. The molecule has 6 atom stereocenters. The van der Waals surface area contributed by atoms with Gasteiger partial charge in [-0.05, 0) is 68.3 Å². The minimum Gasteiger partial charge on any atom is -0.392 e. The van der Waals surface area contributed by atoms with Crippen LogP contribution in [0.5, 0.6) is 0 Å². The molecule has 2 heteroatoms. The van der Waals surface area contributed by atoms with Gasteiger partial charge in [0.15, 0.2) is 5.78 Å². The molecule has 2 nitrogen and oxygen atoms in total. The second-order valence-corrected chi connectivity index (χ2v) is 8.40. The molecule has 4 aliphatic carbocycles. The quantitative estimate of drug-likeness (QED) is 0.685. The van der Waals surface area contributed by atoms with Gasteiger partial charge >= 0.3 is 0 Å². The molecule has 0 spiro atoms. The van der Waals surface area contributed by atoms with Gasteiger partial charge in [-0.1, -0.05) is 30.6 Å². The van der Waals surface area contributed by atoms with E-state index in [1.165, 1.54) is 37.7 Å². The molecule has 3 fully saturated rings. The number of hydrogen-bond acceptors (Lipinski definition) is 2. The molecular formula is C20H28O2. The Labute approximate surface area is 133 Å². The van der Waals surface area contributed by atoms with Gasteiger partial charge in [0.25, 0.3) is 0 Å². The van der Waals surface area contributed by atoms with Crippen molar-refractivity contribution >= 4 is 5.78 Å². The van der Waals surface area contributed by atoms with Crippen LogP contribution in [0.1, 0.15) is 58.8 Å². The summed E-state index contributed by atoms with van der Waals surface area (Å²) in [6.07, 6.45) is 11.6. The SMILES string of the molecule is C/C=C1/CC2=CC(=O)CC(O)[C@@H]2[C@H]2CC[C@]3(C)CCC[C@H]3[C@H]12. The molecule has 1 N–H and O–H groups in total. The van der Waals surface area contributed by atoms with E-state index in [2.05, 4.69) is 19.9 Å². The smallest absolute Gasteiger partial charge is 0.158 e. The van der Waals surface area contributed by atoms with Crippen LogP contribution in [0, 0.1) is 29.1 Å². The van der Waals surface area contributed by atoms with Gasteiger partial charge in [-0.25, -0.2) is 0 Å². The first-order chi connectivity index (χ1) is 10.5. The van der Waals surface area contributed by atoms with Gasteiger partial charge in [0, 0.05) is 12.3 Å². The summed E-state index contributed by atoms with van der Waals surface area (Å²) in [5.41, 5.74) is 3.29. The van der Waals surface area contributed by atoms with Crippen LogP contribution in [0.15, 0.2) is 23.3 Å². The number of ketones is 1. The molecule has 0 amide bonds. The maximum absolute atomic E-state index is 11.9. The molecule has 0 aliphatic heterocycles. The van der Waals surface area contributed by atoms with Gasteiger partial charge < -0.3 is 5.11 Å². The lowest BCUT2D eigenvalue weighted by molar-refractivity contribution is -0.119. The average molecular weight is 300 g/mol. The minimum atomic E-state index is -0.441. The molecule has 4 rings (SSSR count). The number of aliphatic hydroxyl groups excluding tert-OH is 1. The van der Waals surface area contributed by atoms with Crippen LogP contribution >= 0.6 is 0 Å². The van der Waals surface area contributed by atoms with Crippen molar-refractivity contribution in [2.24, 2.45) is 29.1 Å². The van der Waals surface area contributed by atoms with Gasteiger partial charge in [-0.2, -0.15) is 0 Å². The molecule has 0 saturated heterocycles.